The molecule has 140 valence electrons. The summed E-state index contributed by atoms with van der Waals surface area (Å²) >= 11 is 1.35. The second kappa shape index (κ2) is 9.32. The fraction of sp³-hybridized carbons (Fsp3) is 0.250. The Bertz CT molecular complexity index is 881. The van der Waals surface area contributed by atoms with Crippen molar-refractivity contribution in [2.24, 2.45) is 0 Å². The Kier molecular flexibility index (Phi) is 6.59. The summed E-state index contributed by atoms with van der Waals surface area (Å²) < 4.78 is 15.2. The van der Waals surface area contributed by atoms with Crippen molar-refractivity contribution in [2.75, 3.05) is 12.3 Å². The molecular formula is C20H21FN4OS. The molecule has 0 aliphatic carbocycles. The van der Waals surface area contributed by atoms with Crippen LogP contribution in [0.25, 0.3) is 11.4 Å². The third kappa shape index (κ3) is 5.17. The van der Waals surface area contributed by atoms with E-state index in [1.807, 2.05) is 41.8 Å². The molecule has 0 unspecified atom stereocenters. The molecule has 0 spiro atoms. The first-order valence-electron chi connectivity index (χ1n) is 8.80. The van der Waals surface area contributed by atoms with E-state index in [9.17, 15) is 9.18 Å². The predicted molar refractivity (Wildman–Crippen MR) is 105 cm³/mol. The van der Waals surface area contributed by atoms with E-state index in [1.165, 1.54) is 23.9 Å². The average molecular weight is 384 g/mol. The standard InChI is InChI=1S/C20H21FN4OS/c1-2-12-22-18(26)14-27-20-24-23-19(16-8-10-17(21)11-9-16)25(20)13-15-6-4-3-5-7-15/h3-11H,2,12-14H2,1H3,(H,22,26). The van der Waals surface area contributed by atoms with E-state index in [0.29, 0.717) is 24.1 Å². The molecule has 3 aromatic rings. The maximum atomic E-state index is 13.3. The first kappa shape index (κ1) is 19.1. The topological polar surface area (TPSA) is 59.8 Å². The first-order chi connectivity index (χ1) is 13.2. The number of nitrogens with zero attached hydrogens (tertiary/aromatic N) is 3. The molecular weight excluding hydrogens is 363 g/mol. The van der Waals surface area contributed by atoms with Crippen molar-refractivity contribution in [3.05, 3.63) is 66.0 Å². The van der Waals surface area contributed by atoms with E-state index in [2.05, 4.69) is 15.5 Å². The fourth-order valence-electron chi connectivity index (χ4n) is 2.56. The number of carbonyl (C=O) groups excluding carboxylic acids is 1. The highest BCUT2D eigenvalue weighted by atomic mass is 32.2. The first-order valence-corrected chi connectivity index (χ1v) is 9.78. The summed E-state index contributed by atoms with van der Waals surface area (Å²) in [6.45, 7) is 3.25. The molecule has 0 aliphatic heterocycles. The highest BCUT2D eigenvalue weighted by Gasteiger charge is 2.16. The van der Waals surface area contributed by atoms with Crippen molar-refractivity contribution in [1.82, 2.24) is 20.1 Å². The van der Waals surface area contributed by atoms with E-state index in [4.69, 9.17) is 0 Å². The molecule has 0 fully saturated rings. The maximum absolute atomic E-state index is 13.3. The molecule has 1 heterocycles. The highest BCUT2D eigenvalue weighted by molar-refractivity contribution is 7.99. The van der Waals surface area contributed by atoms with Crippen LogP contribution in [0.5, 0.6) is 0 Å². The lowest BCUT2D eigenvalue weighted by molar-refractivity contribution is -0.118. The maximum Gasteiger partial charge on any atom is 0.230 e. The Balaban J connectivity index is 1.86. The molecule has 0 aliphatic rings. The molecule has 1 amide bonds. The molecule has 0 saturated carbocycles. The van der Waals surface area contributed by atoms with Crippen LogP contribution in [0.2, 0.25) is 0 Å². The Hall–Kier alpha value is -2.67. The van der Waals surface area contributed by atoms with Gasteiger partial charge in [-0.1, -0.05) is 49.0 Å². The molecule has 3 rings (SSSR count). The molecule has 7 heteroatoms. The molecule has 0 saturated heterocycles. The van der Waals surface area contributed by atoms with Crippen LogP contribution in [0.1, 0.15) is 18.9 Å². The van der Waals surface area contributed by atoms with Gasteiger partial charge in [-0.15, -0.1) is 10.2 Å². The number of benzene rings is 2. The minimum Gasteiger partial charge on any atom is -0.355 e. The number of thioether (sulfide) groups is 1. The summed E-state index contributed by atoms with van der Waals surface area (Å²) in [6, 6.07) is 16.1. The molecule has 0 radical (unpaired) electrons. The monoisotopic (exact) mass is 384 g/mol. The van der Waals surface area contributed by atoms with Crippen LogP contribution in [0.15, 0.2) is 59.8 Å². The zero-order valence-corrected chi connectivity index (χ0v) is 15.9. The van der Waals surface area contributed by atoms with Crippen molar-refractivity contribution in [3.63, 3.8) is 0 Å². The summed E-state index contributed by atoms with van der Waals surface area (Å²) in [5, 5.41) is 12.1. The smallest absolute Gasteiger partial charge is 0.230 e. The van der Waals surface area contributed by atoms with Crippen molar-refractivity contribution in [1.29, 1.82) is 0 Å². The minimum atomic E-state index is -0.296. The van der Waals surface area contributed by atoms with Crippen molar-refractivity contribution >= 4 is 17.7 Å². The van der Waals surface area contributed by atoms with Crippen LogP contribution in [-0.2, 0) is 11.3 Å². The quantitative estimate of drug-likeness (QED) is 0.601. The Labute approximate surface area is 162 Å². The molecule has 1 N–H and O–H groups in total. The molecule has 2 aromatic carbocycles. The third-order valence-electron chi connectivity index (χ3n) is 3.91. The van der Waals surface area contributed by atoms with Crippen LogP contribution in [0.4, 0.5) is 4.39 Å². The SMILES string of the molecule is CCCNC(=O)CSc1nnc(-c2ccc(F)cc2)n1Cc1ccccc1. The van der Waals surface area contributed by atoms with Crippen LogP contribution >= 0.6 is 11.8 Å². The van der Waals surface area contributed by atoms with Gasteiger partial charge in [0.2, 0.25) is 5.91 Å². The largest absolute Gasteiger partial charge is 0.355 e. The van der Waals surface area contributed by atoms with Gasteiger partial charge in [0.25, 0.3) is 0 Å². The van der Waals surface area contributed by atoms with E-state index in [-0.39, 0.29) is 17.5 Å². The number of halogens is 1. The van der Waals surface area contributed by atoms with Gasteiger partial charge in [0.1, 0.15) is 5.82 Å². The summed E-state index contributed by atoms with van der Waals surface area (Å²) in [7, 11) is 0. The van der Waals surface area contributed by atoms with Gasteiger partial charge in [-0.2, -0.15) is 0 Å². The van der Waals surface area contributed by atoms with E-state index >= 15 is 0 Å². The van der Waals surface area contributed by atoms with Gasteiger partial charge >= 0.3 is 0 Å². The van der Waals surface area contributed by atoms with E-state index < -0.39 is 0 Å². The number of rotatable bonds is 8. The van der Waals surface area contributed by atoms with Gasteiger partial charge in [0, 0.05) is 12.1 Å². The summed E-state index contributed by atoms with van der Waals surface area (Å²) in [5.41, 5.74) is 1.88. The molecule has 27 heavy (non-hydrogen) atoms. The van der Waals surface area contributed by atoms with Gasteiger partial charge in [-0.25, -0.2) is 4.39 Å². The lowest BCUT2D eigenvalue weighted by Gasteiger charge is -2.10. The lowest BCUT2D eigenvalue weighted by atomic mass is 10.2. The van der Waals surface area contributed by atoms with Gasteiger partial charge in [-0.05, 0) is 36.2 Å². The van der Waals surface area contributed by atoms with Crippen LogP contribution < -0.4 is 5.32 Å². The number of carbonyl (C=O) groups is 1. The summed E-state index contributed by atoms with van der Waals surface area (Å²) in [5.74, 6) is 0.598. The summed E-state index contributed by atoms with van der Waals surface area (Å²) in [6.07, 6.45) is 0.898. The van der Waals surface area contributed by atoms with Gasteiger partial charge in [0.05, 0.1) is 12.3 Å². The van der Waals surface area contributed by atoms with Crippen LogP contribution in [-0.4, -0.2) is 33.0 Å². The third-order valence-corrected chi connectivity index (χ3v) is 4.87. The average Bonchev–Trinajstić information content (AvgIpc) is 3.08. The Morgan fingerprint density at radius 3 is 2.56 bits per heavy atom. The van der Waals surface area contributed by atoms with Gasteiger partial charge in [0.15, 0.2) is 11.0 Å². The molecule has 5 nitrogen and oxygen atoms in total. The number of aromatic nitrogens is 3. The summed E-state index contributed by atoms with van der Waals surface area (Å²) in [4.78, 5) is 11.9. The fourth-order valence-corrected chi connectivity index (χ4v) is 3.33. The highest BCUT2D eigenvalue weighted by Crippen LogP contribution is 2.25. The molecule has 1 aromatic heterocycles. The molecule has 0 atom stereocenters. The van der Waals surface area contributed by atoms with E-state index in [0.717, 1.165) is 17.5 Å². The zero-order chi connectivity index (χ0) is 19.1. The molecule has 0 bridgehead atoms. The lowest BCUT2D eigenvalue weighted by Crippen LogP contribution is -2.25. The van der Waals surface area contributed by atoms with Crippen molar-refractivity contribution in [2.45, 2.75) is 25.0 Å². The predicted octanol–water partition coefficient (Wildman–Crippen LogP) is 3.75. The number of nitrogens with one attached hydrogen (secondary N) is 1. The van der Waals surface area contributed by atoms with Gasteiger partial charge < -0.3 is 5.32 Å². The number of amides is 1. The van der Waals surface area contributed by atoms with Crippen LogP contribution in [0, 0.1) is 5.82 Å². The second-order valence-electron chi connectivity index (χ2n) is 6.02. The van der Waals surface area contributed by atoms with Crippen molar-refractivity contribution < 1.29 is 9.18 Å². The van der Waals surface area contributed by atoms with Crippen LogP contribution in [0.3, 0.4) is 0 Å². The number of hydrogen-bond donors (Lipinski definition) is 1. The normalized spacial score (nSPS) is 10.7. The Morgan fingerprint density at radius 2 is 1.85 bits per heavy atom. The Morgan fingerprint density at radius 1 is 1.11 bits per heavy atom. The van der Waals surface area contributed by atoms with Crippen molar-refractivity contribution in [3.8, 4) is 11.4 Å². The second-order valence-corrected chi connectivity index (χ2v) is 6.97. The number of hydrogen-bond acceptors (Lipinski definition) is 4. The minimum absolute atomic E-state index is 0.0283. The zero-order valence-electron chi connectivity index (χ0n) is 15.1. The van der Waals surface area contributed by atoms with Gasteiger partial charge in [-0.3, -0.25) is 9.36 Å². The van der Waals surface area contributed by atoms with E-state index in [1.54, 1.807) is 12.1 Å².